The maximum Gasteiger partial charge on any atom is 0.163 e. The zero-order chi connectivity index (χ0) is 13.0. The van der Waals surface area contributed by atoms with Crippen LogP contribution in [0.15, 0.2) is 18.2 Å². The van der Waals surface area contributed by atoms with Gasteiger partial charge in [-0.05, 0) is 24.1 Å². The summed E-state index contributed by atoms with van der Waals surface area (Å²) in [6.07, 6.45) is 0.928. The van der Waals surface area contributed by atoms with Crippen molar-refractivity contribution in [3.63, 3.8) is 0 Å². The minimum absolute atomic E-state index is 0.0874. The van der Waals surface area contributed by atoms with E-state index in [1.807, 2.05) is 18.2 Å². The fourth-order valence-corrected chi connectivity index (χ4v) is 1.69. The zero-order valence-electron chi connectivity index (χ0n) is 11.2. The van der Waals surface area contributed by atoms with Crippen molar-refractivity contribution in [2.45, 2.75) is 20.3 Å². The van der Waals surface area contributed by atoms with Gasteiger partial charge in [0.05, 0.1) is 13.2 Å². The van der Waals surface area contributed by atoms with Gasteiger partial charge in [0, 0.05) is 24.7 Å². The van der Waals surface area contributed by atoms with Crippen molar-refractivity contribution in [1.29, 1.82) is 0 Å². The Hall–Kier alpha value is -1.42. The summed E-state index contributed by atoms with van der Waals surface area (Å²) in [5.74, 6) is 1.65. The van der Waals surface area contributed by atoms with Gasteiger partial charge in [0.2, 0.25) is 0 Å². The van der Waals surface area contributed by atoms with Gasteiger partial charge in [-0.2, -0.15) is 0 Å². The predicted molar refractivity (Wildman–Crippen MR) is 73.4 cm³/mol. The van der Waals surface area contributed by atoms with Crippen LogP contribution < -0.4 is 20.5 Å². The highest BCUT2D eigenvalue weighted by molar-refractivity contribution is 5.55. The molecule has 0 amide bonds. The standard InChI is InChI=1S/C14H22N2O2/c1-14(2,9-15)10-16-11-4-5-12-13(8-11)18-7-3-6-17-12/h4-5,8,16H,3,6-7,9-10,15H2,1-2H3. The van der Waals surface area contributed by atoms with Gasteiger partial charge in [-0.3, -0.25) is 0 Å². The first-order valence-corrected chi connectivity index (χ1v) is 6.44. The van der Waals surface area contributed by atoms with Gasteiger partial charge >= 0.3 is 0 Å². The van der Waals surface area contributed by atoms with E-state index < -0.39 is 0 Å². The van der Waals surface area contributed by atoms with Gasteiger partial charge in [0.1, 0.15) is 0 Å². The first kappa shape index (κ1) is 13.0. The highest BCUT2D eigenvalue weighted by Crippen LogP contribution is 2.32. The van der Waals surface area contributed by atoms with Gasteiger partial charge in [-0.15, -0.1) is 0 Å². The van der Waals surface area contributed by atoms with Gasteiger partial charge < -0.3 is 20.5 Å². The lowest BCUT2D eigenvalue weighted by atomic mass is 9.94. The number of rotatable bonds is 4. The Morgan fingerprint density at radius 3 is 2.67 bits per heavy atom. The molecule has 1 aromatic carbocycles. The molecular weight excluding hydrogens is 228 g/mol. The van der Waals surface area contributed by atoms with Crippen LogP contribution in [0.1, 0.15) is 20.3 Å². The molecule has 2 rings (SSSR count). The molecule has 0 unspecified atom stereocenters. The summed E-state index contributed by atoms with van der Waals surface area (Å²) >= 11 is 0. The second-order valence-electron chi connectivity index (χ2n) is 5.43. The van der Waals surface area contributed by atoms with E-state index in [1.165, 1.54) is 0 Å². The molecule has 18 heavy (non-hydrogen) atoms. The molecule has 0 saturated heterocycles. The van der Waals surface area contributed by atoms with Crippen molar-refractivity contribution in [2.24, 2.45) is 11.1 Å². The molecule has 0 bridgehead atoms. The smallest absolute Gasteiger partial charge is 0.163 e. The summed E-state index contributed by atoms with van der Waals surface area (Å²) in [5.41, 5.74) is 6.85. The van der Waals surface area contributed by atoms with E-state index in [9.17, 15) is 0 Å². The van der Waals surface area contributed by atoms with E-state index in [-0.39, 0.29) is 5.41 Å². The number of benzene rings is 1. The van der Waals surface area contributed by atoms with Crippen molar-refractivity contribution < 1.29 is 9.47 Å². The van der Waals surface area contributed by atoms with Crippen LogP contribution in [0.4, 0.5) is 5.69 Å². The van der Waals surface area contributed by atoms with Crippen molar-refractivity contribution in [2.75, 3.05) is 31.6 Å². The minimum atomic E-state index is 0.0874. The summed E-state index contributed by atoms with van der Waals surface area (Å²) in [6, 6.07) is 5.96. The van der Waals surface area contributed by atoms with Crippen molar-refractivity contribution in [3.05, 3.63) is 18.2 Å². The van der Waals surface area contributed by atoms with E-state index in [4.69, 9.17) is 15.2 Å². The molecule has 3 N–H and O–H groups in total. The Kier molecular flexibility index (Phi) is 3.97. The summed E-state index contributed by atoms with van der Waals surface area (Å²) in [4.78, 5) is 0. The molecule has 1 aromatic rings. The Morgan fingerprint density at radius 2 is 1.94 bits per heavy atom. The van der Waals surface area contributed by atoms with Crippen LogP contribution in [0.2, 0.25) is 0 Å². The molecule has 0 aliphatic carbocycles. The van der Waals surface area contributed by atoms with Gasteiger partial charge in [-0.25, -0.2) is 0 Å². The molecule has 0 aromatic heterocycles. The van der Waals surface area contributed by atoms with Crippen molar-refractivity contribution in [1.82, 2.24) is 0 Å². The third-order valence-electron chi connectivity index (χ3n) is 3.07. The first-order valence-electron chi connectivity index (χ1n) is 6.44. The number of hydrogen-bond donors (Lipinski definition) is 2. The molecule has 0 fully saturated rings. The average molecular weight is 250 g/mol. The van der Waals surface area contributed by atoms with Crippen LogP contribution in [0, 0.1) is 5.41 Å². The average Bonchev–Trinajstić information content (AvgIpc) is 2.61. The molecule has 0 radical (unpaired) electrons. The topological polar surface area (TPSA) is 56.5 Å². The molecular formula is C14H22N2O2. The molecule has 4 heteroatoms. The molecule has 100 valence electrons. The number of nitrogens with one attached hydrogen (secondary N) is 1. The first-order chi connectivity index (χ1) is 8.61. The van der Waals surface area contributed by atoms with Crippen LogP contribution in [-0.2, 0) is 0 Å². The Bertz CT molecular complexity index is 405. The lowest BCUT2D eigenvalue weighted by molar-refractivity contribution is 0.297. The van der Waals surface area contributed by atoms with Gasteiger partial charge in [-0.1, -0.05) is 13.8 Å². The molecule has 0 spiro atoms. The lowest BCUT2D eigenvalue weighted by Crippen LogP contribution is -2.31. The molecule has 1 aliphatic rings. The second-order valence-corrected chi connectivity index (χ2v) is 5.43. The third-order valence-corrected chi connectivity index (χ3v) is 3.07. The second kappa shape index (κ2) is 5.48. The van der Waals surface area contributed by atoms with E-state index in [2.05, 4.69) is 19.2 Å². The number of fused-ring (bicyclic) bond motifs is 1. The van der Waals surface area contributed by atoms with Crippen LogP contribution >= 0.6 is 0 Å². The largest absolute Gasteiger partial charge is 0.490 e. The molecule has 4 nitrogen and oxygen atoms in total. The fourth-order valence-electron chi connectivity index (χ4n) is 1.69. The summed E-state index contributed by atoms with van der Waals surface area (Å²) in [6.45, 7) is 7.21. The van der Waals surface area contributed by atoms with Crippen molar-refractivity contribution >= 4 is 5.69 Å². The van der Waals surface area contributed by atoms with Crippen LogP contribution in [0.3, 0.4) is 0 Å². The maximum atomic E-state index is 5.72. The quantitative estimate of drug-likeness (QED) is 0.860. The number of hydrogen-bond acceptors (Lipinski definition) is 4. The van der Waals surface area contributed by atoms with Crippen LogP contribution in [0.5, 0.6) is 11.5 Å². The molecule has 1 heterocycles. The van der Waals surface area contributed by atoms with Gasteiger partial charge in [0.25, 0.3) is 0 Å². The summed E-state index contributed by atoms with van der Waals surface area (Å²) < 4.78 is 11.3. The minimum Gasteiger partial charge on any atom is -0.490 e. The Morgan fingerprint density at radius 1 is 1.22 bits per heavy atom. The highest BCUT2D eigenvalue weighted by Gasteiger charge is 2.16. The number of anilines is 1. The lowest BCUT2D eigenvalue weighted by Gasteiger charge is -2.23. The fraction of sp³-hybridized carbons (Fsp3) is 0.571. The molecule has 1 aliphatic heterocycles. The Balaban J connectivity index is 2.04. The van der Waals surface area contributed by atoms with E-state index >= 15 is 0 Å². The zero-order valence-corrected chi connectivity index (χ0v) is 11.2. The number of nitrogens with two attached hydrogens (primary N) is 1. The summed E-state index contributed by atoms with van der Waals surface area (Å²) in [5, 5.41) is 3.39. The van der Waals surface area contributed by atoms with Crippen molar-refractivity contribution in [3.8, 4) is 11.5 Å². The summed E-state index contributed by atoms with van der Waals surface area (Å²) in [7, 11) is 0. The Labute approximate surface area is 108 Å². The normalized spacial score (nSPS) is 15.1. The molecule has 0 atom stereocenters. The highest BCUT2D eigenvalue weighted by atomic mass is 16.5. The van der Waals surface area contributed by atoms with E-state index in [1.54, 1.807) is 0 Å². The van der Waals surface area contributed by atoms with Crippen LogP contribution in [-0.4, -0.2) is 26.3 Å². The van der Waals surface area contributed by atoms with Crippen LogP contribution in [0.25, 0.3) is 0 Å². The predicted octanol–water partition coefficient (Wildman–Crippen LogP) is 2.24. The SMILES string of the molecule is CC(C)(CN)CNc1ccc2c(c1)OCCCO2. The molecule has 0 saturated carbocycles. The van der Waals surface area contributed by atoms with E-state index in [0.717, 1.165) is 36.8 Å². The maximum absolute atomic E-state index is 5.72. The number of ether oxygens (including phenoxy) is 2. The monoisotopic (exact) mass is 250 g/mol. The third kappa shape index (κ3) is 3.29. The van der Waals surface area contributed by atoms with E-state index in [0.29, 0.717) is 13.2 Å². The van der Waals surface area contributed by atoms with Gasteiger partial charge in [0.15, 0.2) is 11.5 Å².